The molecule has 72 valence electrons. The van der Waals surface area contributed by atoms with E-state index in [9.17, 15) is 4.79 Å². The number of likely N-dealkylation sites (N-methyl/N-ethyl adjacent to an activating group) is 1. The van der Waals surface area contributed by atoms with Crippen LogP contribution in [0.4, 0.5) is 4.79 Å². The number of rotatable bonds is 4. The van der Waals surface area contributed by atoms with E-state index in [1.807, 2.05) is 27.8 Å². The number of alkyl carbamates (subject to hydrolysis) is 1. The molecule has 0 aliphatic heterocycles. The molecule has 4 nitrogen and oxygen atoms in total. The van der Waals surface area contributed by atoms with Gasteiger partial charge in [0, 0.05) is 12.6 Å². The Bertz CT molecular complexity index is 137. The molecule has 0 aromatic rings. The average molecular weight is 174 g/mol. The molecule has 4 heteroatoms. The van der Waals surface area contributed by atoms with Crippen molar-refractivity contribution in [2.45, 2.75) is 32.9 Å². The normalized spacial score (nSPS) is 12.8. The van der Waals surface area contributed by atoms with Gasteiger partial charge < -0.3 is 15.4 Å². The standard InChI is InChI=1S/C8H18N2O2/c1-6(2)12-8(11)10-5-7(3)9-4/h6-7,9H,5H2,1-4H3,(H,10,11). The van der Waals surface area contributed by atoms with Gasteiger partial charge in [0.1, 0.15) is 0 Å². The van der Waals surface area contributed by atoms with E-state index in [1.165, 1.54) is 0 Å². The molecular weight excluding hydrogens is 156 g/mol. The number of hydrogen-bond acceptors (Lipinski definition) is 3. The highest BCUT2D eigenvalue weighted by molar-refractivity contribution is 5.67. The second-order valence-electron chi connectivity index (χ2n) is 3.02. The van der Waals surface area contributed by atoms with Crippen molar-refractivity contribution in [3.63, 3.8) is 0 Å². The van der Waals surface area contributed by atoms with Gasteiger partial charge in [-0.1, -0.05) is 0 Å². The molecule has 0 spiro atoms. The minimum Gasteiger partial charge on any atom is -0.447 e. The summed E-state index contributed by atoms with van der Waals surface area (Å²) in [6.07, 6.45) is -0.415. The SMILES string of the molecule is CNC(C)CNC(=O)OC(C)C. The molecule has 0 aromatic heterocycles. The lowest BCUT2D eigenvalue weighted by atomic mass is 10.3. The summed E-state index contributed by atoms with van der Waals surface area (Å²) in [5.74, 6) is 0. The van der Waals surface area contributed by atoms with Crippen molar-refractivity contribution in [3.8, 4) is 0 Å². The lowest BCUT2D eigenvalue weighted by Gasteiger charge is -2.12. The van der Waals surface area contributed by atoms with Crippen LogP contribution in [-0.4, -0.2) is 31.8 Å². The average Bonchev–Trinajstić information content (AvgIpc) is 1.99. The van der Waals surface area contributed by atoms with E-state index in [2.05, 4.69) is 10.6 Å². The molecule has 2 N–H and O–H groups in total. The molecule has 0 rings (SSSR count). The van der Waals surface area contributed by atoms with Crippen LogP contribution in [0.1, 0.15) is 20.8 Å². The summed E-state index contributed by atoms with van der Waals surface area (Å²) in [5, 5.41) is 5.64. The van der Waals surface area contributed by atoms with Gasteiger partial charge in [-0.2, -0.15) is 0 Å². The summed E-state index contributed by atoms with van der Waals surface area (Å²) in [7, 11) is 1.85. The first-order valence-corrected chi connectivity index (χ1v) is 4.18. The Balaban J connectivity index is 3.44. The number of ether oxygens (including phenoxy) is 1. The van der Waals surface area contributed by atoms with Crippen molar-refractivity contribution < 1.29 is 9.53 Å². The van der Waals surface area contributed by atoms with Crippen LogP contribution in [0.25, 0.3) is 0 Å². The van der Waals surface area contributed by atoms with Crippen molar-refractivity contribution in [2.24, 2.45) is 0 Å². The molecule has 1 unspecified atom stereocenters. The van der Waals surface area contributed by atoms with Crippen LogP contribution in [0, 0.1) is 0 Å². The van der Waals surface area contributed by atoms with Gasteiger partial charge in [0.2, 0.25) is 0 Å². The van der Waals surface area contributed by atoms with Gasteiger partial charge in [-0.05, 0) is 27.8 Å². The molecular formula is C8H18N2O2. The van der Waals surface area contributed by atoms with Crippen LogP contribution in [0.2, 0.25) is 0 Å². The molecule has 12 heavy (non-hydrogen) atoms. The maximum Gasteiger partial charge on any atom is 0.407 e. The van der Waals surface area contributed by atoms with Crippen LogP contribution in [0.15, 0.2) is 0 Å². The van der Waals surface area contributed by atoms with Crippen LogP contribution >= 0.6 is 0 Å². The Labute approximate surface area is 73.7 Å². The zero-order chi connectivity index (χ0) is 9.56. The van der Waals surface area contributed by atoms with E-state index in [4.69, 9.17) is 4.74 Å². The van der Waals surface area contributed by atoms with Gasteiger partial charge in [-0.25, -0.2) is 4.79 Å². The first kappa shape index (κ1) is 11.2. The topological polar surface area (TPSA) is 50.4 Å². The van der Waals surface area contributed by atoms with E-state index in [0.717, 1.165) is 0 Å². The lowest BCUT2D eigenvalue weighted by Crippen LogP contribution is -2.38. The fourth-order valence-electron chi connectivity index (χ4n) is 0.594. The number of nitrogens with one attached hydrogen (secondary N) is 2. The second kappa shape index (κ2) is 5.83. The zero-order valence-corrected chi connectivity index (χ0v) is 8.18. The molecule has 0 aliphatic rings. The summed E-state index contributed by atoms with van der Waals surface area (Å²) < 4.78 is 4.87. The summed E-state index contributed by atoms with van der Waals surface area (Å²) in [6.45, 7) is 6.21. The minimum absolute atomic E-state index is 0.0603. The van der Waals surface area contributed by atoms with E-state index in [1.54, 1.807) is 0 Å². The third kappa shape index (κ3) is 5.97. The Morgan fingerprint density at radius 1 is 1.42 bits per heavy atom. The molecule has 1 amide bonds. The molecule has 0 saturated heterocycles. The van der Waals surface area contributed by atoms with Crippen molar-refractivity contribution in [2.75, 3.05) is 13.6 Å². The summed E-state index contributed by atoms with van der Waals surface area (Å²) >= 11 is 0. The van der Waals surface area contributed by atoms with Crippen molar-refractivity contribution in [1.82, 2.24) is 10.6 Å². The zero-order valence-electron chi connectivity index (χ0n) is 8.18. The van der Waals surface area contributed by atoms with E-state index >= 15 is 0 Å². The van der Waals surface area contributed by atoms with Crippen molar-refractivity contribution in [1.29, 1.82) is 0 Å². The van der Waals surface area contributed by atoms with Crippen molar-refractivity contribution >= 4 is 6.09 Å². The quantitative estimate of drug-likeness (QED) is 0.660. The Hall–Kier alpha value is -0.770. The van der Waals surface area contributed by atoms with Crippen molar-refractivity contribution in [3.05, 3.63) is 0 Å². The highest BCUT2D eigenvalue weighted by atomic mass is 16.6. The Morgan fingerprint density at radius 2 is 2.00 bits per heavy atom. The largest absolute Gasteiger partial charge is 0.447 e. The van der Waals surface area contributed by atoms with Crippen LogP contribution in [0.3, 0.4) is 0 Å². The molecule has 0 saturated carbocycles. The van der Waals surface area contributed by atoms with Gasteiger partial charge in [0.15, 0.2) is 0 Å². The number of carbonyl (C=O) groups excluding carboxylic acids is 1. The number of amides is 1. The van der Waals surface area contributed by atoms with Gasteiger partial charge in [-0.3, -0.25) is 0 Å². The molecule has 0 aromatic carbocycles. The summed E-state index contributed by atoms with van der Waals surface area (Å²) in [4.78, 5) is 10.9. The highest BCUT2D eigenvalue weighted by Gasteiger charge is 2.05. The molecule has 0 fully saturated rings. The van der Waals surface area contributed by atoms with Crippen LogP contribution in [-0.2, 0) is 4.74 Å². The fourth-order valence-corrected chi connectivity index (χ4v) is 0.594. The molecule has 0 radical (unpaired) electrons. The van der Waals surface area contributed by atoms with Gasteiger partial charge >= 0.3 is 6.09 Å². The molecule has 1 atom stereocenters. The first-order chi connectivity index (χ1) is 5.56. The van der Waals surface area contributed by atoms with E-state index < -0.39 is 0 Å². The summed E-state index contributed by atoms with van der Waals surface area (Å²) in [6, 6.07) is 0.268. The van der Waals surface area contributed by atoms with Gasteiger partial charge in [0.05, 0.1) is 6.10 Å². The van der Waals surface area contributed by atoms with Crippen LogP contribution in [0.5, 0.6) is 0 Å². The lowest BCUT2D eigenvalue weighted by molar-refractivity contribution is 0.115. The van der Waals surface area contributed by atoms with E-state index in [0.29, 0.717) is 6.54 Å². The first-order valence-electron chi connectivity index (χ1n) is 4.18. The second-order valence-corrected chi connectivity index (χ2v) is 3.02. The maximum absolute atomic E-state index is 10.9. The van der Waals surface area contributed by atoms with E-state index in [-0.39, 0.29) is 18.2 Å². The molecule has 0 heterocycles. The smallest absolute Gasteiger partial charge is 0.407 e. The maximum atomic E-state index is 10.9. The predicted octanol–water partition coefficient (Wildman–Crippen LogP) is 0.729. The highest BCUT2D eigenvalue weighted by Crippen LogP contribution is 1.88. The third-order valence-electron chi connectivity index (χ3n) is 1.39. The van der Waals surface area contributed by atoms with Gasteiger partial charge in [0.25, 0.3) is 0 Å². The number of hydrogen-bond donors (Lipinski definition) is 2. The minimum atomic E-state index is -0.355. The fraction of sp³-hybridized carbons (Fsp3) is 0.875. The summed E-state index contributed by atoms with van der Waals surface area (Å²) in [5.41, 5.74) is 0. The predicted molar refractivity (Wildman–Crippen MR) is 48.1 cm³/mol. The monoisotopic (exact) mass is 174 g/mol. The van der Waals surface area contributed by atoms with Gasteiger partial charge in [-0.15, -0.1) is 0 Å². The Morgan fingerprint density at radius 3 is 2.42 bits per heavy atom. The number of carbonyl (C=O) groups is 1. The molecule has 0 bridgehead atoms. The van der Waals surface area contributed by atoms with Crippen LogP contribution < -0.4 is 10.6 Å². The molecule has 0 aliphatic carbocycles. The third-order valence-corrected chi connectivity index (χ3v) is 1.39. The Kier molecular flexibility index (Phi) is 5.45.